The van der Waals surface area contributed by atoms with Crippen molar-refractivity contribution in [2.45, 2.75) is 19.5 Å². The molecule has 0 aliphatic carbocycles. The zero-order valence-corrected chi connectivity index (χ0v) is 15.7. The molecule has 1 aromatic heterocycles. The maximum absolute atomic E-state index is 13.0. The first-order valence-electron chi connectivity index (χ1n) is 7.92. The summed E-state index contributed by atoms with van der Waals surface area (Å²) in [6.07, 6.45) is -4.63. The van der Waals surface area contributed by atoms with Crippen LogP contribution in [0.25, 0.3) is 11.5 Å². The smallest absolute Gasteiger partial charge is 0.417 e. The molecule has 27 heavy (non-hydrogen) atoms. The van der Waals surface area contributed by atoms with Crippen molar-refractivity contribution in [2.75, 3.05) is 5.32 Å². The van der Waals surface area contributed by atoms with Crippen LogP contribution in [0, 0.1) is 6.92 Å². The largest absolute Gasteiger partial charge is 0.441 e. The van der Waals surface area contributed by atoms with E-state index in [1.54, 1.807) is 6.92 Å². The molecule has 4 nitrogen and oxygen atoms in total. The van der Waals surface area contributed by atoms with Crippen molar-refractivity contribution < 1.29 is 22.4 Å². The Morgan fingerprint density at radius 3 is 2.56 bits per heavy atom. The van der Waals surface area contributed by atoms with E-state index in [-0.39, 0.29) is 16.6 Å². The summed E-state index contributed by atoms with van der Waals surface area (Å²) in [5, 5.41) is 2.46. The van der Waals surface area contributed by atoms with E-state index in [9.17, 15) is 18.0 Å². The minimum absolute atomic E-state index is 0.0555. The van der Waals surface area contributed by atoms with Gasteiger partial charge < -0.3 is 9.73 Å². The van der Waals surface area contributed by atoms with Crippen molar-refractivity contribution in [1.29, 1.82) is 0 Å². The van der Waals surface area contributed by atoms with E-state index < -0.39 is 17.6 Å². The lowest BCUT2D eigenvalue weighted by Gasteiger charge is -2.11. The molecule has 140 valence electrons. The van der Waals surface area contributed by atoms with Crippen molar-refractivity contribution >= 4 is 27.5 Å². The molecule has 8 heteroatoms. The molecule has 0 saturated heterocycles. The molecule has 1 heterocycles. The van der Waals surface area contributed by atoms with Gasteiger partial charge in [-0.1, -0.05) is 34.1 Å². The van der Waals surface area contributed by atoms with Crippen LogP contribution in [0.3, 0.4) is 0 Å². The second kappa shape index (κ2) is 7.56. The van der Waals surface area contributed by atoms with Gasteiger partial charge in [-0.2, -0.15) is 13.2 Å². The van der Waals surface area contributed by atoms with Crippen LogP contribution in [0.1, 0.15) is 17.0 Å². The number of nitrogens with one attached hydrogen (secondary N) is 1. The molecule has 0 radical (unpaired) electrons. The Hall–Kier alpha value is -2.61. The quantitative estimate of drug-likeness (QED) is 0.575. The Morgan fingerprint density at radius 2 is 1.89 bits per heavy atom. The normalized spacial score (nSPS) is 11.4. The van der Waals surface area contributed by atoms with Crippen molar-refractivity contribution in [3.63, 3.8) is 0 Å². The number of carbonyl (C=O) groups excluding carboxylic acids is 1. The molecule has 0 atom stereocenters. The summed E-state index contributed by atoms with van der Waals surface area (Å²) < 4.78 is 44.4. The summed E-state index contributed by atoms with van der Waals surface area (Å²) in [7, 11) is 0. The van der Waals surface area contributed by atoms with Gasteiger partial charge >= 0.3 is 6.18 Å². The molecular formula is C19H14BrF3N2O2. The molecule has 0 aliphatic heterocycles. The van der Waals surface area contributed by atoms with Crippen molar-refractivity contribution in [3.05, 3.63) is 70.0 Å². The summed E-state index contributed by atoms with van der Waals surface area (Å²) in [5.74, 6) is 0.385. The zero-order chi connectivity index (χ0) is 19.6. The van der Waals surface area contributed by atoms with Crippen LogP contribution in [0.5, 0.6) is 0 Å². The third-order valence-electron chi connectivity index (χ3n) is 3.80. The molecule has 3 aromatic rings. The maximum Gasteiger partial charge on any atom is 0.417 e. The number of aromatic nitrogens is 1. The summed E-state index contributed by atoms with van der Waals surface area (Å²) >= 11 is 2.87. The number of hydrogen-bond donors (Lipinski definition) is 1. The average Bonchev–Trinajstić information content (AvgIpc) is 2.97. The van der Waals surface area contributed by atoms with Crippen molar-refractivity contribution in [1.82, 2.24) is 4.98 Å². The first-order valence-corrected chi connectivity index (χ1v) is 8.71. The predicted octanol–water partition coefficient (Wildman–Crippen LogP) is 5.61. The van der Waals surface area contributed by atoms with Crippen LogP contribution in [0.2, 0.25) is 0 Å². The van der Waals surface area contributed by atoms with Crippen LogP contribution in [0.4, 0.5) is 18.9 Å². The van der Waals surface area contributed by atoms with Crippen LogP contribution in [-0.4, -0.2) is 10.9 Å². The molecule has 0 bridgehead atoms. The number of anilines is 1. The van der Waals surface area contributed by atoms with Gasteiger partial charge in [0.1, 0.15) is 5.76 Å². The summed E-state index contributed by atoms with van der Waals surface area (Å²) in [6, 6.07) is 12.7. The Morgan fingerprint density at radius 1 is 1.19 bits per heavy atom. The van der Waals surface area contributed by atoms with Crippen molar-refractivity contribution in [2.24, 2.45) is 0 Å². The predicted molar refractivity (Wildman–Crippen MR) is 98.2 cm³/mol. The minimum Gasteiger partial charge on any atom is -0.441 e. The van der Waals surface area contributed by atoms with Crippen molar-refractivity contribution in [3.8, 4) is 11.5 Å². The lowest BCUT2D eigenvalue weighted by atomic mass is 10.2. The summed E-state index contributed by atoms with van der Waals surface area (Å²) in [4.78, 5) is 16.6. The SMILES string of the molecule is Cc1oc(-c2ccccc2)nc1CC(=O)Nc1ccc(Br)c(C(F)(F)F)c1. The maximum atomic E-state index is 13.0. The second-order valence-corrected chi connectivity index (χ2v) is 6.66. The van der Waals surface area contributed by atoms with E-state index >= 15 is 0 Å². The van der Waals surface area contributed by atoms with Gasteiger partial charge in [-0.3, -0.25) is 4.79 Å². The molecular weight excluding hydrogens is 425 g/mol. The van der Waals surface area contributed by atoms with E-state index in [2.05, 4.69) is 26.2 Å². The Labute approximate surface area is 161 Å². The van der Waals surface area contributed by atoms with Gasteiger partial charge in [0.2, 0.25) is 11.8 Å². The van der Waals surface area contributed by atoms with E-state index in [0.29, 0.717) is 17.3 Å². The number of rotatable bonds is 4. The third-order valence-corrected chi connectivity index (χ3v) is 4.49. The van der Waals surface area contributed by atoms with Crippen LogP contribution in [-0.2, 0) is 17.4 Å². The van der Waals surface area contributed by atoms with Gasteiger partial charge in [-0.15, -0.1) is 0 Å². The van der Waals surface area contributed by atoms with Gasteiger partial charge in [0.25, 0.3) is 0 Å². The first-order chi connectivity index (χ1) is 12.7. The number of carbonyl (C=O) groups is 1. The zero-order valence-electron chi connectivity index (χ0n) is 14.1. The van der Waals surface area contributed by atoms with E-state index in [4.69, 9.17) is 4.42 Å². The molecule has 0 unspecified atom stereocenters. The second-order valence-electron chi connectivity index (χ2n) is 5.81. The van der Waals surface area contributed by atoms with Gasteiger partial charge in [0, 0.05) is 15.7 Å². The van der Waals surface area contributed by atoms with Gasteiger partial charge in [0.15, 0.2) is 0 Å². The molecule has 1 N–H and O–H groups in total. The Bertz CT molecular complexity index is 969. The first kappa shape index (κ1) is 19.2. The van der Waals surface area contributed by atoms with Crippen LogP contribution < -0.4 is 5.32 Å². The van der Waals surface area contributed by atoms with E-state index in [1.807, 2.05) is 30.3 Å². The average molecular weight is 439 g/mol. The minimum atomic E-state index is -4.52. The number of aryl methyl sites for hydroxylation is 1. The lowest BCUT2D eigenvalue weighted by molar-refractivity contribution is -0.138. The molecule has 0 fully saturated rings. The van der Waals surface area contributed by atoms with E-state index in [1.165, 1.54) is 12.1 Å². The Balaban J connectivity index is 1.75. The number of halogens is 4. The summed E-state index contributed by atoms with van der Waals surface area (Å²) in [5.41, 5.74) is 0.402. The topological polar surface area (TPSA) is 55.1 Å². The number of amides is 1. The fourth-order valence-corrected chi connectivity index (χ4v) is 2.95. The highest BCUT2D eigenvalue weighted by atomic mass is 79.9. The molecule has 3 rings (SSSR count). The fourth-order valence-electron chi connectivity index (χ4n) is 2.47. The number of oxazole rings is 1. The Kier molecular flexibility index (Phi) is 5.36. The highest BCUT2D eigenvalue weighted by Gasteiger charge is 2.33. The molecule has 0 aliphatic rings. The lowest BCUT2D eigenvalue weighted by Crippen LogP contribution is -2.16. The number of benzene rings is 2. The number of nitrogens with zero attached hydrogens (tertiary/aromatic N) is 1. The van der Waals surface area contributed by atoms with Crippen LogP contribution >= 0.6 is 15.9 Å². The third kappa shape index (κ3) is 4.57. The number of hydrogen-bond acceptors (Lipinski definition) is 3. The fraction of sp³-hybridized carbons (Fsp3) is 0.158. The summed E-state index contributed by atoms with van der Waals surface area (Å²) in [6.45, 7) is 1.68. The van der Waals surface area contributed by atoms with Crippen LogP contribution in [0.15, 0.2) is 57.4 Å². The molecule has 1 amide bonds. The van der Waals surface area contributed by atoms with E-state index in [0.717, 1.165) is 11.6 Å². The monoisotopic (exact) mass is 438 g/mol. The van der Waals surface area contributed by atoms with Gasteiger partial charge in [-0.05, 0) is 37.3 Å². The highest BCUT2D eigenvalue weighted by Crippen LogP contribution is 2.36. The number of alkyl halides is 3. The molecule has 0 spiro atoms. The standard InChI is InChI=1S/C19H14BrF3N2O2/c1-11-16(25-18(27-11)12-5-3-2-4-6-12)10-17(26)24-13-7-8-15(20)14(9-13)19(21,22)23/h2-9H,10H2,1H3,(H,24,26). The van der Waals surface area contributed by atoms with Gasteiger partial charge in [-0.25, -0.2) is 4.98 Å². The molecule has 2 aromatic carbocycles. The molecule has 0 saturated carbocycles. The highest BCUT2D eigenvalue weighted by molar-refractivity contribution is 9.10. The van der Waals surface area contributed by atoms with Gasteiger partial charge in [0.05, 0.1) is 17.7 Å².